The molecule has 0 atom stereocenters. The number of hydrogen-bond acceptors (Lipinski definition) is 2. The van der Waals surface area contributed by atoms with Crippen LogP contribution in [-0.4, -0.2) is 15.3 Å². The van der Waals surface area contributed by atoms with Gasteiger partial charge < -0.3 is 4.98 Å². The van der Waals surface area contributed by atoms with Gasteiger partial charge in [-0.05, 0) is 0 Å². The van der Waals surface area contributed by atoms with Gasteiger partial charge >= 0.3 is 5.69 Å². The maximum absolute atomic E-state index is 11.0. The van der Waals surface area contributed by atoms with Crippen LogP contribution >= 0.6 is 15.9 Å². The molecule has 0 aliphatic carbocycles. The zero-order valence-corrected chi connectivity index (χ0v) is 7.56. The van der Waals surface area contributed by atoms with Crippen LogP contribution in [0, 0.1) is 11.8 Å². The molecule has 4 nitrogen and oxygen atoms in total. The van der Waals surface area contributed by atoms with Crippen LogP contribution in [0.5, 0.6) is 0 Å². The molecule has 1 aromatic heterocycles. The molecule has 0 saturated carbocycles. The van der Waals surface area contributed by atoms with Gasteiger partial charge in [0.05, 0.1) is 5.33 Å². The highest BCUT2D eigenvalue weighted by Gasteiger charge is 1.93. The Balaban J connectivity index is 3.19. The number of aromatic amines is 2. The summed E-state index contributed by atoms with van der Waals surface area (Å²) in [4.78, 5) is 25.9. The Morgan fingerprint density at radius 1 is 1.50 bits per heavy atom. The molecule has 1 heterocycles. The fourth-order valence-electron chi connectivity index (χ4n) is 0.631. The predicted octanol–water partition coefficient (Wildman–Crippen LogP) is -0.190. The third-order valence-electron chi connectivity index (χ3n) is 1.11. The molecule has 0 unspecified atom stereocenters. The molecule has 1 aromatic rings. The topological polar surface area (TPSA) is 65.7 Å². The van der Waals surface area contributed by atoms with Crippen LogP contribution in [0.2, 0.25) is 0 Å². The summed E-state index contributed by atoms with van der Waals surface area (Å²) >= 11 is 3.09. The largest absolute Gasteiger partial charge is 0.325 e. The van der Waals surface area contributed by atoms with Gasteiger partial charge in [-0.15, -0.1) is 0 Å². The van der Waals surface area contributed by atoms with E-state index in [-0.39, 0.29) is 5.56 Å². The highest BCUT2D eigenvalue weighted by atomic mass is 79.9. The quantitative estimate of drug-likeness (QED) is 0.478. The monoisotopic (exact) mass is 228 g/mol. The summed E-state index contributed by atoms with van der Waals surface area (Å²) in [5.41, 5.74) is -0.731. The molecule has 0 fully saturated rings. The Morgan fingerprint density at radius 3 is 2.83 bits per heavy atom. The van der Waals surface area contributed by atoms with Crippen molar-refractivity contribution in [2.24, 2.45) is 0 Å². The van der Waals surface area contributed by atoms with Crippen LogP contribution in [0.25, 0.3) is 0 Å². The smallest absolute Gasteiger partial charge is 0.313 e. The summed E-state index contributed by atoms with van der Waals surface area (Å²) in [6.45, 7) is 0. The van der Waals surface area contributed by atoms with E-state index in [2.05, 4.69) is 37.7 Å². The highest BCUT2D eigenvalue weighted by molar-refractivity contribution is 9.09. The first-order chi connectivity index (χ1) is 5.74. The number of rotatable bonds is 0. The van der Waals surface area contributed by atoms with Crippen LogP contribution in [0.1, 0.15) is 5.56 Å². The van der Waals surface area contributed by atoms with Crippen molar-refractivity contribution < 1.29 is 0 Å². The molecular weight excluding hydrogens is 224 g/mol. The lowest BCUT2D eigenvalue weighted by Gasteiger charge is -1.85. The molecule has 2 N–H and O–H groups in total. The van der Waals surface area contributed by atoms with Crippen LogP contribution in [0.3, 0.4) is 0 Å². The summed E-state index contributed by atoms with van der Waals surface area (Å²) in [5, 5.41) is 0.492. The summed E-state index contributed by atoms with van der Waals surface area (Å²) in [5.74, 6) is 5.23. The van der Waals surface area contributed by atoms with E-state index >= 15 is 0 Å². The first kappa shape index (κ1) is 8.81. The third-order valence-corrected chi connectivity index (χ3v) is 1.39. The van der Waals surface area contributed by atoms with Crippen molar-refractivity contribution in [1.29, 1.82) is 0 Å². The zero-order chi connectivity index (χ0) is 8.97. The number of nitrogens with one attached hydrogen (secondary N) is 2. The van der Waals surface area contributed by atoms with Gasteiger partial charge in [0.2, 0.25) is 0 Å². The van der Waals surface area contributed by atoms with E-state index in [1.165, 1.54) is 6.20 Å². The molecule has 0 radical (unpaired) electrons. The van der Waals surface area contributed by atoms with Gasteiger partial charge in [0, 0.05) is 6.20 Å². The Labute approximate surface area is 76.2 Å². The highest BCUT2D eigenvalue weighted by Crippen LogP contribution is 1.80. The maximum atomic E-state index is 11.0. The van der Waals surface area contributed by atoms with Gasteiger partial charge in [-0.3, -0.25) is 9.78 Å². The fourth-order valence-corrected chi connectivity index (χ4v) is 0.771. The Morgan fingerprint density at radius 2 is 2.25 bits per heavy atom. The second kappa shape index (κ2) is 3.93. The van der Waals surface area contributed by atoms with Gasteiger partial charge in [-0.25, -0.2) is 4.79 Å². The first-order valence-electron chi connectivity index (χ1n) is 3.11. The Bertz CT molecular complexity index is 435. The van der Waals surface area contributed by atoms with Crippen molar-refractivity contribution in [2.45, 2.75) is 0 Å². The standard InChI is InChI=1S/C7H5BrN2O2/c8-3-1-2-5-4-9-7(12)10-6(5)11/h4H,3H2,(H2,9,10,11,12). The minimum absolute atomic E-state index is 0.258. The second-order valence-electron chi connectivity index (χ2n) is 1.92. The van der Waals surface area contributed by atoms with Crippen molar-refractivity contribution in [3.8, 4) is 11.8 Å². The van der Waals surface area contributed by atoms with Crippen molar-refractivity contribution in [3.05, 3.63) is 32.6 Å². The minimum atomic E-state index is -0.524. The Hall–Kier alpha value is -1.28. The van der Waals surface area contributed by atoms with Crippen molar-refractivity contribution in [1.82, 2.24) is 9.97 Å². The summed E-state index contributed by atoms with van der Waals surface area (Å²) in [6.07, 6.45) is 1.29. The molecule has 0 spiro atoms. The molecule has 0 bridgehead atoms. The fraction of sp³-hybridized carbons (Fsp3) is 0.143. The van der Waals surface area contributed by atoms with E-state index in [4.69, 9.17) is 0 Å². The predicted molar refractivity (Wildman–Crippen MR) is 48.4 cm³/mol. The van der Waals surface area contributed by atoms with Gasteiger partial charge in [0.25, 0.3) is 5.56 Å². The normalized spacial score (nSPS) is 8.75. The SMILES string of the molecule is O=c1[nH]cc(C#CCBr)c(=O)[nH]1. The second-order valence-corrected chi connectivity index (χ2v) is 2.48. The van der Waals surface area contributed by atoms with Crippen molar-refractivity contribution >= 4 is 15.9 Å². The molecule has 0 aliphatic rings. The molecule has 0 amide bonds. The van der Waals surface area contributed by atoms with Crippen LogP contribution < -0.4 is 11.2 Å². The molecule has 5 heteroatoms. The van der Waals surface area contributed by atoms with Gasteiger partial charge in [-0.1, -0.05) is 27.8 Å². The van der Waals surface area contributed by atoms with Crippen molar-refractivity contribution in [3.63, 3.8) is 0 Å². The van der Waals surface area contributed by atoms with E-state index in [1.54, 1.807) is 0 Å². The molecule has 0 aliphatic heterocycles. The minimum Gasteiger partial charge on any atom is -0.313 e. The molecule has 0 aromatic carbocycles. The molecule has 62 valence electrons. The lowest BCUT2D eigenvalue weighted by molar-refractivity contribution is 1.03. The van der Waals surface area contributed by atoms with Gasteiger partial charge in [-0.2, -0.15) is 0 Å². The number of alkyl halides is 1. The van der Waals surface area contributed by atoms with Crippen molar-refractivity contribution in [2.75, 3.05) is 5.33 Å². The van der Waals surface area contributed by atoms with Gasteiger partial charge in [0.1, 0.15) is 5.56 Å². The zero-order valence-electron chi connectivity index (χ0n) is 5.98. The summed E-state index contributed by atoms with van der Waals surface area (Å²) in [7, 11) is 0. The van der Waals surface area contributed by atoms with E-state index < -0.39 is 11.2 Å². The third kappa shape index (κ3) is 2.10. The lowest BCUT2D eigenvalue weighted by atomic mass is 10.3. The van der Waals surface area contributed by atoms with E-state index in [0.717, 1.165) is 0 Å². The Kier molecular flexibility index (Phi) is 2.88. The van der Waals surface area contributed by atoms with E-state index in [1.807, 2.05) is 0 Å². The lowest BCUT2D eigenvalue weighted by Crippen LogP contribution is -2.23. The molecule has 12 heavy (non-hydrogen) atoms. The summed E-state index contributed by atoms with van der Waals surface area (Å²) in [6, 6.07) is 0. The van der Waals surface area contributed by atoms with Gasteiger partial charge in [0.15, 0.2) is 0 Å². The number of halogens is 1. The molecular formula is C7H5BrN2O2. The molecule has 1 rings (SSSR count). The van der Waals surface area contributed by atoms with Crippen LogP contribution in [0.15, 0.2) is 15.8 Å². The van der Waals surface area contributed by atoms with E-state index in [0.29, 0.717) is 5.33 Å². The maximum Gasteiger partial charge on any atom is 0.325 e. The number of hydrogen-bond donors (Lipinski definition) is 2. The van der Waals surface area contributed by atoms with E-state index in [9.17, 15) is 9.59 Å². The number of H-pyrrole nitrogens is 2. The number of aromatic nitrogens is 2. The average Bonchev–Trinajstić information content (AvgIpc) is 2.03. The van der Waals surface area contributed by atoms with Crippen LogP contribution in [0.4, 0.5) is 0 Å². The first-order valence-corrected chi connectivity index (χ1v) is 4.23. The average molecular weight is 229 g/mol. The molecule has 0 saturated heterocycles. The van der Waals surface area contributed by atoms with Crippen LogP contribution in [-0.2, 0) is 0 Å². The summed E-state index contributed by atoms with van der Waals surface area (Å²) < 4.78 is 0.